The molecule has 2 aliphatic heterocycles. The zero-order valence-electron chi connectivity index (χ0n) is 19.3. The molecule has 1 aromatic heterocycles. The van der Waals surface area contributed by atoms with Gasteiger partial charge in [0.15, 0.2) is 0 Å². The topological polar surface area (TPSA) is 130 Å². The van der Waals surface area contributed by atoms with Crippen molar-refractivity contribution in [2.75, 3.05) is 20.2 Å². The molecule has 180 valence electrons. The lowest BCUT2D eigenvalue weighted by molar-refractivity contribution is -0.125. The summed E-state index contributed by atoms with van der Waals surface area (Å²) in [5.41, 5.74) is 1.20. The number of ether oxygens (including phenoxy) is 1. The molecule has 5 rings (SSSR count). The van der Waals surface area contributed by atoms with Crippen LogP contribution in [0.25, 0.3) is 10.9 Å². The summed E-state index contributed by atoms with van der Waals surface area (Å²) in [6.45, 7) is 1.24. The number of benzene rings is 1. The molecule has 4 atom stereocenters. The van der Waals surface area contributed by atoms with E-state index in [0.29, 0.717) is 37.4 Å². The van der Waals surface area contributed by atoms with Crippen LogP contribution in [0.5, 0.6) is 5.75 Å². The SMILES string of the molecule is COc1cccc2[nH]c(C(=O)N3CC4(CCC4)C[C@H]3C(=O)N[C@H](C#N)C[C@@H]3CCNC3O)cc12. The highest BCUT2D eigenvalue weighted by atomic mass is 16.5. The number of nitrogens with one attached hydrogen (secondary N) is 3. The van der Waals surface area contributed by atoms with Crippen molar-refractivity contribution in [3.05, 3.63) is 30.0 Å². The fourth-order valence-corrected chi connectivity index (χ4v) is 5.82. The smallest absolute Gasteiger partial charge is 0.271 e. The second kappa shape index (κ2) is 8.93. The molecule has 2 aromatic rings. The van der Waals surface area contributed by atoms with E-state index < -0.39 is 18.3 Å². The Morgan fingerprint density at radius 3 is 2.88 bits per heavy atom. The summed E-state index contributed by atoms with van der Waals surface area (Å²) in [4.78, 5) is 31.8. The van der Waals surface area contributed by atoms with Crippen molar-refractivity contribution < 1.29 is 19.4 Å². The maximum atomic E-state index is 13.6. The highest BCUT2D eigenvalue weighted by Crippen LogP contribution is 2.50. The number of nitrogens with zero attached hydrogens (tertiary/aromatic N) is 2. The highest BCUT2D eigenvalue weighted by molar-refractivity contribution is 6.01. The third-order valence-corrected chi connectivity index (χ3v) is 7.89. The van der Waals surface area contributed by atoms with E-state index in [4.69, 9.17) is 4.74 Å². The Morgan fingerprint density at radius 2 is 2.24 bits per heavy atom. The quantitative estimate of drug-likeness (QED) is 0.515. The van der Waals surface area contributed by atoms with Crippen molar-refractivity contribution in [2.45, 2.75) is 56.8 Å². The first kappa shape index (κ1) is 22.7. The van der Waals surface area contributed by atoms with Crippen molar-refractivity contribution in [1.29, 1.82) is 5.26 Å². The fourth-order valence-electron chi connectivity index (χ4n) is 5.82. The predicted molar refractivity (Wildman–Crippen MR) is 125 cm³/mol. The van der Waals surface area contributed by atoms with Crippen molar-refractivity contribution in [1.82, 2.24) is 20.5 Å². The van der Waals surface area contributed by atoms with Gasteiger partial charge in [-0.3, -0.25) is 14.9 Å². The van der Waals surface area contributed by atoms with Gasteiger partial charge in [0.05, 0.1) is 13.2 Å². The van der Waals surface area contributed by atoms with Gasteiger partial charge in [0, 0.05) is 23.4 Å². The number of nitriles is 1. The molecular weight excluding hydrogens is 434 g/mol. The van der Waals surface area contributed by atoms with E-state index in [1.807, 2.05) is 18.2 Å². The van der Waals surface area contributed by atoms with Gasteiger partial charge in [-0.25, -0.2) is 0 Å². The highest BCUT2D eigenvalue weighted by Gasteiger charge is 2.52. The number of aromatic amines is 1. The van der Waals surface area contributed by atoms with Gasteiger partial charge in [0.1, 0.15) is 29.8 Å². The largest absolute Gasteiger partial charge is 0.496 e. The molecule has 34 heavy (non-hydrogen) atoms. The number of amides is 2. The lowest BCUT2D eigenvalue weighted by atomic mass is 9.67. The molecule has 4 N–H and O–H groups in total. The van der Waals surface area contributed by atoms with Crippen LogP contribution in [0.4, 0.5) is 0 Å². The third-order valence-electron chi connectivity index (χ3n) is 7.89. The van der Waals surface area contributed by atoms with Crippen molar-refractivity contribution in [3.63, 3.8) is 0 Å². The van der Waals surface area contributed by atoms with Gasteiger partial charge in [0.25, 0.3) is 5.91 Å². The Labute approximate surface area is 198 Å². The summed E-state index contributed by atoms with van der Waals surface area (Å²) >= 11 is 0. The Kier molecular flexibility index (Phi) is 5.96. The molecule has 0 radical (unpaired) electrons. The normalized spacial score (nSPS) is 26.3. The van der Waals surface area contributed by atoms with Gasteiger partial charge in [-0.15, -0.1) is 0 Å². The van der Waals surface area contributed by atoms with Crippen LogP contribution in [-0.4, -0.2) is 65.3 Å². The Hall–Kier alpha value is -3.09. The molecule has 9 heteroatoms. The minimum absolute atomic E-state index is 0.0188. The first-order valence-corrected chi connectivity index (χ1v) is 12.0. The summed E-state index contributed by atoms with van der Waals surface area (Å²) in [6, 6.07) is 8.21. The summed E-state index contributed by atoms with van der Waals surface area (Å²) in [5, 5.41) is 26.3. The van der Waals surface area contributed by atoms with Crippen LogP contribution in [0.3, 0.4) is 0 Å². The molecule has 3 fully saturated rings. The van der Waals surface area contributed by atoms with Gasteiger partial charge in [0.2, 0.25) is 5.91 Å². The minimum Gasteiger partial charge on any atom is -0.496 e. The summed E-state index contributed by atoms with van der Waals surface area (Å²) in [5.74, 6) is 0.0916. The Bertz CT molecular complexity index is 1130. The molecule has 3 heterocycles. The number of likely N-dealkylation sites (tertiary alicyclic amines) is 1. The molecular formula is C25H31N5O4. The number of carbonyl (C=O) groups excluding carboxylic acids is 2. The molecule has 1 unspecified atom stereocenters. The number of H-pyrrole nitrogens is 1. The Morgan fingerprint density at radius 1 is 1.41 bits per heavy atom. The van der Waals surface area contributed by atoms with E-state index in [2.05, 4.69) is 21.7 Å². The van der Waals surface area contributed by atoms with Crippen LogP contribution < -0.4 is 15.4 Å². The molecule has 1 spiro atoms. The number of carbonyl (C=O) groups is 2. The van der Waals surface area contributed by atoms with E-state index >= 15 is 0 Å². The number of aliphatic hydroxyl groups excluding tert-OH is 1. The average molecular weight is 466 g/mol. The number of aliphatic hydroxyl groups is 1. The third kappa shape index (κ3) is 4.01. The molecule has 2 saturated heterocycles. The molecule has 1 saturated carbocycles. The van der Waals surface area contributed by atoms with Crippen LogP contribution in [0.1, 0.15) is 49.0 Å². The lowest BCUT2D eigenvalue weighted by Gasteiger charge is -2.37. The molecule has 0 bridgehead atoms. The number of rotatable bonds is 6. The van der Waals surface area contributed by atoms with Crippen LogP contribution >= 0.6 is 0 Å². The van der Waals surface area contributed by atoms with Gasteiger partial charge < -0.3 is 25.0 Å². The fraction of sp³-hybridized carbons (Fsp3) is 0.560. The van der Waals surface area contributed by atoms with Crippen molar-refractivity contribution in [2.24, 2.45) is 11.3 Å². The molecule has 9 nitrogen and oxygen atoms in total. The van der Waals surface area contributed by atoms with Crippen molar-refractivity contribution in [3.8, 4) is 11.8 Å². The second-order valence-electron chi connectivity index (χ2n) is 9.98. The predicted octanol–water partition coefficient (Wildman–Crippen LogP) is 1.89. The second-order valence-corrected chi connectivity index (χ2v) is 9.98. The van der Waals surface area contributed by atoms with Crippen LogP contribution in [0.15, 0.2) is 24.3 Å². The maximum Gasteiger partial charge on any atom is 0.271 e. The number of methoxy groups -OCH3 is 1. The van der Waals surface area contributed by atoms with Gasteiger partial charge in [-0.05, 0) is 62.3 Å². The molecule has 1 aliphatic carbocycles. The van der Waals surface area contributed by atoms with E-state index in [-0.39, 0.29) is 23.1 Å². The van der Waals surface area contributed by atoms with Crippen LogP contribution in [0, 0.1) is 22.7 Å². The van der Waals surface area contributed by atoms with Gasteiger partial charge >= 0.3 is 0 Å². The first-order valence-electron chi connectivity index (χ1n) is 12.0. The summed E-state index contributed by atoms with van der Waals surface area (Å²) in [6.07, 6.45) is 4.20. The van der Waals surface area contributed by atoms with Gasteiger partial charge in [-0.2, -0.15) is 5.26 Å². The number of hydrogen-bond acceptors (Lipinski definition) is 6. The van der Waals surface area contributed by atoms with Gasteiger partial charge in [-0.1, -0.05) is 12.5 Å². The average Bonchev–Trinajstić information content (AvgIpc) is 3.54. The van der Waals surface area contributed by atoms with Crippen LogP contribution in [-0.2, 0) is 4.79 Å². The van der Waals surface area contributed by atoms with Crippen LogP contribution in [0.2, 0.25) is 0 Å². The molecule has 1 aromatic carbocycles. The maximum absolute atomic E-state index is 13.6. The standard InChI is InChI=1S/C25H31N5O4/c1-34-21-5-2-4-18-17(21)11-19(29-18)24(33)30-14-25(7-3-8-25)12-20(30)23(32)28-16(13-26)10-15-6-9-27-22(15)31/h2,4-5,11,15-16,20,22,27,29,31H,3,6-10,12,14H2,1H3,(H,28,32)/t15-,16-,20-,22?/m0/s1. The monoisotopic (exact) mass is 465 g/mol. The van der Waals surface area contributed by atoms with E-state index in [1.165, 1.54) is 0 Å². The van der Waals surface area contributed by atoms with E-state index in [1.54, 1.807) is 18.1 Å². The first-order chi connectivity index (χ1) is 16.4. The summed E-state index contributed by atoms with van der Waals surface area (Å²) < 4.78 is 5.42. The number of hydrogen-bond donors (Lipinski definition) is 4. The number of aromatic nitrogens is 1. The zero-order chi connectivity index (χ0) is 23.9. The molecule has 2 amide bonds. The lowest BCUT2D eigenvalue weighted by Crippen LogP contribution is -2.49. The Balaban J connectivity index is 1.36. The zero-order valence-corrected chi connectivity index (χ0v) is 19.3. The van der Waals surface area contributed by atoms with E-state index in [9.17, 15) is 20.0 Å². The summed E-state index contributed by atoms with van der Waals surface area (Å²) in [7, 11) is 1.59. The van der Waals surface area contributed by atoms with Crippen molar-refractivity contribution >= 4 is 22.7 Å². The minimum atomic E-state index is -0.709. The molecule has 3 aliphatic rings. The van der Waals surface area contributed by atoms with E-state index in [0.717, 1.165) is 36.6 Å². The number of fused-ring (bicyclic) bond motifs is 1.